The minimum Gasteiger partial charge on any atom is -0.467 e. The van der Waals surface area contributed by atoms with E-state index in [1.165, 1.54) is 10.9 Å². The first-order valence-electron chi connectivity index (χ1n) is 7.33. The van der Waals surface area contributed by atoms with Crippen LogP contribution >= 0.6 is 0 Å². The highest BCUT2D eigenvalue weighted by Gasteiger charge is 2.20. The number of para-hydroxylation sites is 2. The van der Waals surface area contributed by atoms with E-state index in [0.29, 0.717) is 0 Å². The molecule has 3 nitrogen and oxygen atoms in total. The van der Waals surface area contributed by atoms with Crippen LogP contribution in [0.4, 0.5) is 5.69 Å². The second kappa shape index (κ2) is 5.45. The minimum atomic E-state index is -0.0338. The molecule has 4 aromatic rings. The zero-order valence-corrected chi connectivity index (χ0v) is 12.0. The van der Waals surface area contributed by atoms with Crippen molar-refractivity contribution < 1.29 is 4.42 Å². The molecule has 2 aromatic heterocycles. The van der Waals surface area contributed by atoms with E-state index in [0.717, 1.165) is 17.0 Å². The summed E-state index contributed by atoms with van der Waals surface area (Å²) in [7, 11) is 0. The Morgan fingerprint density at radius 1 is 0.864 bits per heavy atom. The molecular formula is C19H16N2O. The van der Waals surface area contributed by atoms with Gasteiger partial charge in [-0.05, 0) is 30.3 Å². The van der Waals surface area contributed by atoms with Crippen molar-refractivity contribution in [1.29, 1.82) is 0 Å². The van der Waals surface area contributed by atoms with Crippen molar-refractivity contribution >= 4 is 16.6 Å². The van der Waals surface area contributed by atoms with Crippen LogP contribution in [-0.2, 0) is 0 Å². The third-order valence-electron chi connectivity index (χ3n) is 3.84. The predicted octanol–water partition coefficient (Wildman–Crippen LogP) is 4.96. The minimum absolute atomic E-state index is 0.0338. The van der Waals surface area contributed by atoms with Crippen molar-refractivity contribution in [2.24, 2.45) is 0 Å². The quantitative estimate of drug-likeness (QED) is 0.557. The summed E-state index contributed by atoms with van der Waals surface area (Å²) >= 11 is 0. The van der Waals surface area contributed by atoms with Gasteiger partial charge in [-0.15, -0.1) is 0 Å². The largest absolute Gasteiger partial charge is 0.467 e. The van der Waals surface area contributed by atoms with Gasteiger partial charge in [-0.2, -0.15) is 0 Å². The Bertz CT molecular complexity index is 863. The molecule has 0 aliphatic carbocycles. The van der Waals surface area contributed by atoms with Crippen LogP contribution in [0.15, 0.2) is 83.6 Å². The summed E-state index contributed by atoms with van der Waals surface area (Å²) in [5, 5.41) is 4.76. The number of benzene rings is 2. The molecule has 0 amide bonds. The summed E-state index contributed by atoms with van der Waals surface area (Å²) in [6.45, 7) is 0. The Balaban J connectivity index is 1.81. The maximum atomic E-state index is 5.66. The highest BCUT2D eigenvalue weighted by Crippen LogP contribution is 2.32. The number of aromatic amines is 1. The Kier molecular flexibility index (Phi) is 3.16. The fourth-order valence-corrected chi connectivity index (χ4v) is 2.79. The highest BCUT2D eigenvalue weighted by molar-refractivity contribution is 5.84. The lowest BCUT2D eigenvalue weighted by atomic mass is 10.0. The molecular weight excluding hydrogens is 272 g/mol. The summed E-state index contributed by atoms with van der Waals surface area (Å²) in [6.07, 6.45) is 3.76. The molecule has 22 heavy (non-hydrogen) atoms. The normalized spacial score (nSPS) is 12.4. The van der Waals surface area contributed by atoms with Gasteiger partial charge in [-0.25, -0.2) is 0 Å². The van der Waals surface area contributed by atoms with Gasteiger partial charge in [0.1, 0.15) is 11.8 Å². The van der Waals surface area contributed by atoms with Gasteiger partial charge in [0.15, 0.2) is 0 Å². The average Bonchev–Trinajstić information content (AvgIpc) is 3.24. The predicted molar refractivity (Wildman–Crippen MR) is 88.9 cm³/mol. The van der Waals surface area contributed by atoms with Crippen LogP contribution in [0, 0.1) is 0 Å². The van der Waals surface area contributed by atoms with E-state index in [4.69, 9.17) is 4.42 Å². The van der Waals surface area contributed by atoms with E-state index in [9.17, 15) is 0 Å². The maximum Gasteiger partial charge on any atom is 0.130 e. The van der Waals surface area contributed by atoms with Crippen LogP contribution in [0.5, 0.6) is 0 Å². The molecule has 2 aromatic carbocycles. The van der Waals surface area contributed by atoms with Crippen molar-refractivity contribution in [3.05, 3.63) is 90.5 Å². The molecule has 0 saturated carbocycles. The highest BCUT2D eigenvalue weighted by atomic mass is 16.3. The van der Waals surface area contributed by atoms with Crippen LogP contribution in [0.3, 0.4) is 0 Å². The summed E-state index contributed by atoms with van der Waals surface area (Å²) in [5.41, 5.74) is 3.37. The number of H-pyrrole nitrogens is 1. The second-order valence-corrected chi connectivity index (χ2v) is 5.25. The smallest absolute Gasteiger partial charge is 0.130 e. The lowest BCUT2D eigenvalue weighted by molar-refractivity contribution is 0.499. The van der Waals surface area contributed by atoms with Gasteiger partial charge in [0.25, 0.3) is 0 Å². The van der Waals surface area contributed by atoms with Crippen molar-refractivity contribution in [2.45, 2.75) is 6.04 Å². The lowest BCUT2D eigenvalue weighted by Gasteiger charge is -2.17. The zero-order valence-electron chi connectivity index (χ0n) is 12.0. The Labute approximate surface area is 128 Å². The number of rotatable bonds is 4. The molecule has 1 atom stereocenters. The number of hydrogen-bond donors (Lipinski definition) is 2. The molecule has 0 aliphatic heterocycles. The molecule has 0 saturated heterocycles. The molecule has 108 valence electrons. The third kappa shape index (κ3) is 2.27. The van der Waals surface area contributed by atoms with E-state index in [-0.39, 0.29) is 6.04 Å². The molecule has 0 aliphatic rings. The van der Waals surface area contributed by atoms with Gasteiger partial charge < -0.3 is 14.7 Å². The van der Waals surface area contributed by atoms with Crippen LogP contribution in [0.2, 0.25) is 0 Å². The molecule has 4 rings (SSSR count). The monoisotopic (exact) mass is 288 g/mol. The summed E-state index contributed by atoms with van der Waals surface area (Å²) < 4.78 is 5.66. The number of anilines is 1. The van der Waals surface area contributed by atoms with Gasteiger partial charge in [0.2, 0.25) is 0 Å². The maximum absolute atomic E-state index is 5.66. The van der Waals surface area contributed by atoms with E-state index in [1.54, 1.807) is 6.26 Å². The van der Waals surface area contributed by atoms with Gasteiger partial charge in [0, 0.05) is 28.4 Å². The van der Waals surface area contributed by atoms with Crippen LogP contribution in [0.25, 0.3) is 10.9 Å². The standard InChI is InChI=1S/C19H16N2O/c1-2-7-14(8-3-1)21-19(18-11-6-12-22-18)16-13-20-17-10-5-4-9-15(16)17/h1-13,19-21H. The molecule has 0 radical (unpaired) electrons. The summed E-state index contributed by atoms with van der Waals surface area (Å²) in [6, 6.07) is 22.4. The number of fused-ring (bicyclic) bond motifs is 1. The third-order valence-corrected chi connectivity index (χ3v) is 3.84. The van der Waals surface area contributed by atoms with Gasteiger partial charge in [0.05, 0.1) is 6.26 Å². The van der Waals surface area contributed by atoms with Crippen molar-refractivity contribution in [3.63, 3.8) is 0 Å². The zero-order chi connectivity index (χ0) is 14.8. The molecule has 0 fully saturated rings. The SMILES string of the molecule is c1ccc(NC(c2ccco2)c2c[nH]c3ccccc23)cc1. The Hall–Kier alpha value is -2.94. The molecule has 0 spiro atoms. The first-order chi connectivity index (χ1) is 10.9. The molecule has 2 heterocycles. The first-order valence-corrected chi connectivity index (χ1v) is 7.33. The molecule has 1 unspecified atom stereocenters. The Morgan fingerprint density at radius 2 is 1.68 bits per heavy atom. The summed E-state index contributed by atoms with van der Waals surface area (Å²) in [5.74, 6) is 0.897. The second-order valence-electron chi connectivity index (χ2n) is 5.25. The van der Waals surface area contributed by atoms with E-state index in [1.807, 2.05) is 42.6 Å². The molecule has 0 bridgehead atoms. The van der Waals surface area contributed by atoms with E-state index in [2.05, 4.69) is 40.6 Å². The lowest BCUT2D eigenvalue weighted by Crippen LogP contribution is -2.11. The van der Waals surface area contributed by atoms with Crippen molar-refractivity contribution in [2.75, 3.05) is 5.32 Å². The Morgan fingerprint density at radius 3 is 2.50 bits per heavy atom. The topological polar surface area (TPSA) is 41.0 Å². The fraction of sp³-hybridized carbons (Fsp3) is 0.0526. The number of aromatic nitrogens is 1. The van der Waals surface area contributed by atoms with Crippen molar-refractivity contribution in [1.82, 2.24) is 4.98 Å². The average molecular weight is 288 g/mol. The number of furan rings is 1. The first kappa shape index (κ1) is 12.8. The van der Waals surface area contributed by atoms with Crippen LogP contribution in [-0.4, -0.2) is 4.98 Å². The van der Waals surface area contributed by atoms with E-state index >= 15 is 0 Å². The fourth-order valence-electron chi connectivity index (χ4n) is 2.79. The van der Waals surface area contributed by atoms with Gasteiger partial charge in [-0.1, -0.05) is 36.4 Å². The number of nitrogens with one attached hydrogen (secondary N) is 2. The van der Waals surface area contributed by atoms with Gasteiger partial charge in [-0.3, -0.25) is 0 Å². The van der Waals surface area contributed by atoms with E-state index < -0.39 is 0 Å². The van der Waals surface area contributed by atoms with Crippen molar-refractivity contribution in [3.8, 4) is 0 Å². The van der Waals surface area contributed by atoms with Gasteiger partial charge >= 0.3 is 0 Å². The summed E-state index contributed by atoms with van der Waals surface area (Å²) in [4.78, 5) is 3.33. The number of hydrogen-bond acceptors (Lipinski definition) is 2. The van der Waals surface area contributed by atoms with Crippen LogP contribution in [0.1, 0.15) is 17.4 Å². The molecule has 2 N–H and O–H groups in total. The van der Waals surface area contributed by atoms with Crippen LogP contribution < -0.4 is 5.32 Å². The molecule has 3 heteroatoms.